The summed E-state index contributed by atoms with van der Waals surface area (Å²) in [5.41, 5.74) is 25.4. The first-order chi connectivity index (χ1) is 31.3. The Morgan fingerprint density at radius 3 is 0.857 bits per heavy atom. The van der Waals surface area contributed by atoms with Gasteiger partial charge in [-0.25, -0.2) is 0 Å². The summed E-state index contributed by atoms with van der Waals surface area (Å²) in [6, 6.07) is 86.8. The molecule has 11 aromatic rings. The summed E-state index contributed by atoms with van der Waals surface area (Å²) >= 11 is 0. The molecule has 0 nitrogen and oxygen atoms in total. The Morgan fingerprint density at radius 1 is 0.190 bits per heavy atom. The molecule has 1 spiro atoms. The van der Waals surface area contributed by atoms with E-state index in [2.05, 4.69) is 231 Å². The maximum atomic E-state index is 2.54. The SMILES string of the molecule is c1ccc2c(c1)-c1ccccc1-c1ccc(-c3c4ccccc4c(-c4ccc5c(c4)C4(c6ccccc6-c6ccccc64)c4ccccc4-5)c4ccccc34)cc1-c1ccccc1-2. The molecular weight excluding hydrogens is 757 g/mol. The second-order valence-electron chi connectivity index (χ2n) is 17.4. The summed E-state index contributed by atoms with van der Waals surface area (Å²) in [5, 5.41) is 5.03. The largest absolute Gasteiger partial charge is 0.0725 e. The van der Waals surface area contributed by atoms with Gasteiger partial charge in [-0.1, -0.05) is 218 Å². The van der Waals surface area contributed by atoms with Crippen molar-refractivity contribution < 1.29 is 0 Å². The van der Waals surface area contributed by atoms with Crippen LogP contribution in [0.3, 0.4) is 0 Å². The molecule has 63 heavy (non-hydrogen) atoms. The summed E-state index contributed by atoms with van der Waals surface area (Å²) in [7, 11) is 0. The molecule has 0 amide bonds. The van der Waals surface area contributed by atoms with Crippen LogP contribution >= 0.6 is 0 Å². The van der Waals surface area contributed by atoms with E-state index in [9.17, 15) is 0 Å². The molecular formula is C63H38. The molecule has 3 aliphatic rings. The number of hydrogen-bond acceptors (Lipinski definition) is 0. The molecule has 0 saturated carbocycles. The van der Waals surface area contributed by atoms with E-state index in [1.54, 1.807) is 0 Å². The fourth-order valence-corrected chi connectivity index (χ4v) is 12.0. The zero-order chi connectivity index (χ0) is 41.2. The Morgan fingerprint density at radius 2 is 0.460 bits per heavy atom. The minimum absolute atomic E-state index is 0.406. The molecule has 290 valence electrons. The van der Waals surface area contributed by atoms with Crippen molar-refractivity contribution in [2.45, 2.75) is 5.41 Å². The van der Waals surface area contributed by atoms with E-state index in [4.69, 9.17) is 0 Å². The van der Waals surface area contributed by atoms with Crippen LogP contribution in [0, 0.1) is 0 Å². The van der Waals surface area contributed by atoms with Crippen LogP contribution in [0.1, 0.15) is 22.3 Å². The van der Waals surface area contributed by atoms with Crippen molar-refractivity contribution in [3.63, 3.8) is 0 Å². The van der Waals surface area contributed by atoms with Gasteiger partial charge in [-0.2, -0.15) is 0 Å². The highest BCUT2D eigenvalue weighted by Crippen LogP contribution is 2.63. The van der Waals surface area contributed by atoms with Gasteiger partial charge in [0.25, 0.3) is 0 Å². The van der Waals surface area contributed by atoms with E-state index in [1.165, 1.54) is 133 Å². The second-order valence-corrected chi connectivity index (χ2v) is 17.4. The first-order valence-electron chi connectivity index (χ1n) is 22.1. The molecule has 0 aliphatic heterocycles. The lowest BCUT2D eigenvalue weighted by Crippen LogP contribution is -2.25. The molecule has 0 bridgehead atoms. The maximum absolute atomic E-state index is 2.54. The number of benzene rings is 11. The average molecular weight is 795 g/mol. The van der Waals surface area contributed by atoms with Crippen molar-refractivity contribution in [2.24, 2.45) is 0 Å². The zero-order valence-electron chi connectivity index (χ0n) is 34.4. The minimum atomic E-state index is -0.406. The molecule has 0 heterocycles. The predicted molar refractivity (Wildman–Crippen MR) is 264 cm³/mol. The quantitative estimate of drug-likeness (QED) is 0.153. The van der Waals surface area contributed by atoms with Gasteiger partial charge in [-0.3, -0.25) is 0 Å². The third kappa shape index (κ3) is 4.60. The lowest BCUT2D eigenvalue weighted by molar-refractivity contribution is 0.794. The van der Waals surface area contributed by atoms with Crippen LogP contribution in [0.25, 0.3) is 111 Å². The topological polar surface area (TPSA) is 0 Å². The Bertz CT molecular complexity index is 3620. The molecule has 0 aromatic heterocycles. The van der Waals surface area contributed by atoms with E-state index >= 15 is 0 Å². The summed E-state index contributed by atoms with van der Waals surface area (Å²) in [6.07, 6.45) is 0. The Hall–Kier alpha value is -8.06. The number of rotatable bonds is 2. The van der Waals surface area contributed by atoms with Crippen molar-refractivity contribution in [3.05, 3.63) is 253 Å². The van der Waals surface area contributed by atoms with E-state index in [0.29, 0.717) is 0 Å². The lowest BCUT2D eigenvalue weighted by Gasteiger charge is -2.31. The molecule has 14 rings (SSSR count). The van der Waals surface area contributed by atoms with Crippen LogP contribution in [0.15, 0.2) is 231 Å². The Labute approximate surface area is 367 Å². The fourth-order valence-electron chi connectivity index (χ4n) is 12.0. The van der Waals surface area contributed by atoms with E-state index in [0.717, 1.165) is 0 Å². The standard InChI is InChI=1S/C63H38/c1-2-18-42-41(17-1)43-19-3-4-21-45(43)47-35-33-39(37-56(47)46-22-6-5-20-44(42)46)61-52-26-7-9-28-54(52)62(55-29-10-8-27-53(55)61)40-34-36-51-50-25-13-16-32-59(50)63(60(51)38-40)57-30-14-11-23-48(57)49-24-12-15-31-58(49)63/h1-38H. The van der Waals surface area contributed by atoms with Gasteiger partial charge in [0, 0.05) is 0 Å². The normalized spacial score (nSPS) is 13.2. The summed E-state index contributed by atoms with van der Waals surface area (Å²) in [6.45, 7) is 0. The van der Waals surface area contributed by atoms with Crippen LogP contribution in [0.2, 0.25) is 0 Å². The summed E-state index contributed by atoms with van der Waals surface area (Å²) in [5.74, 6) is 0. The first-order valence-corrected chi connectivity index (χ1v) is 22.1. The Kier molecular flexibility index (Phi) is 7.13. The lowest BCUT2D eigenvalue weighted by atomic mass is 9.70. The van der Waals surface area contributed by atoms with E-state index in [1.807, 2.05) is 0 Å². The van der Waals surface area contributed by atoms with Crippen molar-refractivity contribution in [3.8, 4) is 89.0 Å². The summed E-state index contributed by atoms with van der Waals surface area (Å²) < 4.78 is 0. The third-order valence-electron chi connectivity index (χ3n) is 14.5. The molecule has 11 aromatic carbocycles. The highest BCUT2D eigenvalue weighted by Gasteiger charge is 2.51. The van der Waals surface area contributed by atoms with Gasteiger partial charge in [-0.15, -0.1) is 0 Å². The monoisotopic (exact) mass is 794 g/mol. The predicted octanol–water partition coefficient (Wildman–Crippen LogP) is 16.7. The zero-order valence-corrected chi connectivity index (χ0v) is 34.4. The van der Waals surface area contributed by atoms with Gasteiger partial charge in [0.15, 0.2) is 0 Å². The van der Waals surface area contributed by atoms with Crippen molar-refractivity contribution >= 4 is 21.5 Å². The van der Waals surface area contributed by atoms with Crippen molar-refractivity contribution in [2.75, 3.05) is 0 Å². The first kappa shape index (κ1) is 34.6. The van der Waals surface area contributed by atoms with Crippen LogP contribution in [-0.2, 0) is 5.41 Å². The minimum Gasteiger partial charge on any atom is -0.0619 e. The van der Waals surface area contributed by atoms with Crippen LogP contribution in [0.4, 0.5) is 0 Å². The molecule has 0 fully saturated rings. The Balaban J connectivity index is 1.03. The third-order valence-corrected chi connectivity index (χ3v) is 14.5. The molecule has 0 radical (unpaired) electrons. The molecule has 0 unspecified atom stereocenters. The average Bonchev–Trinajstić information content (AvgIpc) is 3.82. The highest BCUT2D eigenvalue weighted by atomic mass is 14.5. The fraction of sp³-hybridized carbons (Fsp3) is 0.0159. The van der Waals surface area contributed by atoms with Crippen LogP contribution in [-0.4, -0.2) is 0 Å². The van der Waals surface area contributed by atoms with Gasteiger partial charge in [-0.05, 0) is 145 Å². The molecule has 3 aliphatic carbocycles. The highest BCUT2D eigenvalue weighted by molar-refractivity contribution is 6.22. The number of fused-ring (bicyclic) bond motifs is 20. The van der Waals surface area contributed by atoms with Gasteiger partial charge < -0.3 is 0 Å². The van der Waals surface area contributed by atoms with Gasteiger partial charge in [0.2, 0.25) is 0 Å². The summed E-state index contributed by atoms with van der Waals surface area (Å²) in [4.78, 5) is 0. The molecule has 0 atom stereocenters. The van der Waals surface area contributed by atoms with E-state index < -0.39 is 5.41 Å². The van der Waals surface area contributed by atoms with Gasteiger partial charge in [0.1, 0.15) is 0 Å². The molecule has 0 heteroatoms. The van der Waals surface area contributed by atoms with Gasteiger partial charge in [0.05, 0.1) is 5.41 Å². The van der Waals surface area contributed by atoms with Crippen LogP contribution in [0.5, 0.6) is 0 Å². The number of hydrogen-bond donors (Lipinski definition) is 0. The second kappa shape index (κ2) is 13.0. The molecule has 0 saturated heterocycles. The molecule has 0 N–H and O–H groups in total. The smallest absolute Gasteiger partial charge is 0.0619 e. The van der Waals surface area contributed by atoms with E-state index in [-0.39, 0.29) is 0 Å². The maximum Gasteiger partial charge on any atom is 0.0725 e. The van der Waals surface area contributed by atoms with Crippen LogP contribution < -0.4 is 0 Å². The van der Waals surface area contributed by atoms with Crippen molar-refractivity contribution in [1.29, 1.82) is 0 Å². The van der Waals surface area contributed by atoms with Gasteiger partial charge >= 0.3 is 0 Å². The van der Waals surface area contributed by atoms with Crippen molar-refractivity contribution in [1.82, 2.24) is 0 Å².